The summed E-state index contributed by atoms with van der Waals surface area (Å²) in [5.74, 6) is -0.0389. The van der Waals surface area contributed by atoms with Gasteiger partial charge < -0.3 is 12.3 Å². The second kappa shape index (κ2) is 30.0. The number of hydrogen-bond donors (Lipinski definition) is 2. The topological polar surface area (TPSA) is 104 Å². The fraction of sp³-hybridized carbons (Fsp3) is 0.867. The van der Waals surface area contributed by atoms with Crippen LogP contribution in [0.1, 0.15) is 168 Å². The number of unbranched alkanes of at least 4 members (excludes halogenated alkanes) is 20. The molecule has 0 radical (unpaired) electrons. The van der Waals surface area contributed by atoms with Crippen LogP contribution >= 0.6 is 0 Å². The van der Waals surface area contributed by atoms with Crippen LogP contribution in [-0.2, 0) is 9.59 Å². The van der Waals surface area contributed by atoms with Crippen molar-refractivity contribution in [3.05, 3.63) is 12.2 Å². The van der Waals surface area contributed by atoms with Crippen LogP contribution in [0.5, 0.6) is 0 Å². The molecule has 0 aliphatic carbocycles. The predicted octanol–water partition coefficient (Wildman–Crippen LogP) is 10.4. The normalized spacial score (nSPS) is 10.4. The number of hydrogen-bond acceptors (Lipinski definition) is 4. The molecule has 34 heavy (non-hydrogen) atoms. The van der Waals surface area contributed by atoms with E-state index in [9.17, 15) is 9.59 Å². The molecular formula is C30H62N2O2. The Bertz CT molecular complexity index is 423. The minimum atomic E-state index is -0.0194. The first-order valence-corrected chi connectivity index (χ1v) is 14.4. The van der Waals surface area contributed by atoms with Crippen molar-refractivity contribution < 1.29 is 9.59 Å². The van der Waals surface area contributed by atoms with Crippen molar-refractivity contribution in [2.45, 2.75) is 168 Å². The Kier molecular flexibility index (Phi) is 33.2. The summed E-state index contributed by atoms with van der Waals surface area (Å²) in [7, 11) is 0. The Balaban J connectivity index is -0.00000480. The summed E-state index contributed by atoms with van der Waals surface area (Å²) in [5.41, 5.74) is 0.254. The molecule has 204 valence electrons. The maximum atomic E-state index is 12.2. The molecule has 4 nitrogen and oxygen atoms in total. The van der Waals surface area contributed by atoms with Gasteiger partial charge in [-0.25, -0.2) is 0 Å². The Hall–Kier alpha value is -1.00. The van der Waals surface area contributed by atoms with Gasteiger partial charge >= 0.3 is 0 Å². The standard InChI is InChI=1S/C30H56O2.2H3N/c1-4-6-8-10-12-14-16-18-20-22-24-26-29(31)28(3)30(32)27-25-23-21-19-17-15-13-11-9-7-5-2;;/h3-27H2,1-2H3;2*1H3. The summed E-state index contributed by atoms with van der Waals surface area (Å²) in [6.07, 6.45) is 29.0. The lowest BCUT2D eigenvalue weighted by Crippen LogP contribution is -2.11. The second-order valence-electron chi connectivity index (χ2n) is 9.90. The molecule has 0 saturated heterocycles. The van der Waals surface area contributed by atoms with Crippen LogP contribution in [0.2, 0.25) is 0 Å². The van der Waals surface area contributed by atoms with Crippen LogP contribution in [0, 0.1) is 0 Å². The molecule has 0 aliphatic heterocycles. The van der Waals surface area contributed by atoms with Gasteiger partial charge in [0, 0.05) is 12.8 Å². The number of allylic oxidation sites excluding steroid dienone is 1. The van der Waals surface area contributed by atoms with E-state index in [-0.39, 0.29) is 29.4 Å². The third-order valence-electron chi connectivity index (χ3n) is 6.69. The average Bonchev–Trinajstić information content (AvgIpc) is 2.80. The van der Waals surface area contributed by atoms with E-state index in [1.165, 1.54) is 116 Å². The number of rotatable bonds is 26. The van der Waals surface area contributed by atoms with Crippen LogP contribution in [0.25, 0.3) is 0 Å². The highest BCUT2D eigenvalue weighted by molar-refractivity contribution is 6.19. The van der Waals surface area contributed by atoms with E-state index < -0.39 is 0 Å². The van der Waals surface area contributed by atoms with Crippen LogP contribution in [-0.4, -0.2) is 11.6 Å². The molecule has 0 heterocycles. The zero-order valence-corrected chi connectivity index (χ0v) is 23.4. The Morgan fingerprint density at radius 2 is 0.618 bits per heavy atom. The summed E-state index contributed by atoms with van der Waals surface area (Å²) in [6, 6.07) is 0. The maximum absolute atomic E-state index is 12.2. The summed E-state index contributed by atoms with van der Waals surface area (Å²) in [4.78, 5) is 24.5. The number of ketones is 2. The maximum Gasteiger partial charge on any atom is 0.165 e. The van der Waals surface area contributed by atoms with Gasteiger partial charge in [-0.05, 0) is 12.8 Å². The van der Waals surface area contributed by atoms with Crippen LogP contribution < -0.4 is 12.3 Å². The van der Waals surface area contributed by atoms with Crippen molar-refractivity contribution in [3.8, 4) is 0 Å². The summed E-state index contributed by atoms with van der Waals surface area (Å²) in [6.45, 7) is 8.31. The van der Waals surface area contributed by atoms with Gasteiger partial charge in [0.1, 0.15) is 0 Å². The zero-order chi connectivity index (χ0) is 23.7. The second-order valence-corrected chi connectivity index (χ2v) is 9.90. The highest BCUT2D eigenvalue weighted by atomic mass is 16.1. The van der Waals surface area contributed by atoms with Gasteiger partial charge in [0.05, 0.1) is 5.57 Å². The molecule has 4 heteroatoms. The third-order valence-corrected chi connectivity index (χ3v) is 6.69. The lowest BCUT2D eigenvalue weighted by molar-refractivity contribution is -0.121. The zero-order valence-electron chi connectivity index (χ0n) is 23.4. The number of carbonyl (C=O) groups excluding carboxylic acids is 2. The highest BCUT2D eigenvalue weighted by Crippen LogP contribution is 2.15. The molecular weight excluding hydrogens is 420 g/mol. The van der Waals surface area contributed by atoms with Gasteiger partial charge in [0.2, 0.25) is 0 Å². The van der Waals surface area contributed by atoms with E-state index >= 15 is 0 Å². The molecule has 0 saturated carbocycles. The molecule has 6 N–H and O–H groups in total. The molecule has 0 aromatic heterocycles. The van der Waals surface area contributed by atoms with Crippen molar-refractivity contribution in [1.29, 1.82) is 0 Å². The summed E-state index contributed by atoms with van der Waals surface area (Å²) < 4.78 is 0. The van der Waals surface area contributed by atoms with E-state index in [1.54, 1.807) is 0 Å². The van der Waals surface area contributed by atoms with Crippen molar-refractivity contribution in [1.82, 2.24) is 12.3 Å². The molecule has 0 rings (SSSR count). The lowest BCUT2D eigenvalue weighted by Gasteiger charge is -2.06. The highest BCUT2D eigenvalue weighted by Gasteiger charge is 2.14. The molecule has 0 bridgehead atoms. The van der Waals surface area contributed by atoms with Crippen LogP contribution in [0.15, 0.2) is 12.2 Å². The summed E-state index contributed by atoms with van der Waals surface area (Å²) in [5, 5.41) is 0. The van der Waals surface area contributed by atoms with Gasteiger partial charge in [0.15, 0.2) is 11.6 Å². The van der Waals surface area contributed by atoms with Gasteiger partial charge in [-0.15, -0.1) is 0 Å². The Labute approximate surface area is 213 Å². The third kappa shape index (κ3) is 25.6. The first-order valence-electron chi connectivity index (χ1n) is 14.4. The molecule has 0 unspecified atom stereocenters. The first kappa shape index (κ1) is 37.5. The fourth-order valence-corrected chi connectivity index (χ4v) is 4.36. The van der Waals surface area contributed by atoms with Crippen molar-refractivity contribution in [2.24, 2.45) is 0 Å². The van der Waals surface area contributed by atoms with Crippen molar-refractivity contribution >= 4 is 11.6 Å². The SMILES string of the molecule is C=C(C(=O)CCCCCCCCCCCCC)C(=O)CCCCCCCCCCCCC.N.N. The first-order chi connectivity index (χ1) is 15.6. The van der Waals surface area contributed by atoms with Crippen LogP contribution in [0.3, 0.4) is 0 Å². The fourth-order valence-electron chi connectivity index (χ4n) is 4.36. The minimum Gasteiger partial charge on any atom is -0.344 e. The van der Waals surface area contributed by atoms with Crippen LogP contribution in [0.4, 0.5) is 0 Å². The molecule has 0 spiro atoms. The monoisotopic (exact) mass is 482 g/mol. The predicted molar refractivity (Wildman–Crippen MR) is 151 cm³/mol. The number of carbonyl (C=O) groups is 2. The van der Waals surface area contributed by atoms with Gasteiger partial charge in [-0.2, -0.15) is 0 Å². The van der Waals surface area contributed by atoms with Gasteiger partial charge in [-0.3, -0.25) is 9.59 Å². The van der Waals surface area contributed by atoms with Crippen molar-refractivity contribution in [3.63, 3.8) is 0 Å². The molecule has 0 aliphatic rings. The average molecular weight is 483 g/mol. The molecule has 0 amide bonds. The van der Waals surface area contributed by atoms with E-state index in [2.05, 4.69) is 20.4 Å². The van der Waals surface area contributed by atoms with E-state index in [1.807, 2.05) is 0 Å². The molecule has 0 aromatic carbocycles. The largest absolute Gasteiger partial charge is 0.344 e. The van der Waals surface area contributed by atoms with Gasteiger partial charge in [0.25, 0.3) is 0 Å². The Morgan fingerprint density at radius 1 is 0.412 bits per heavy atom. The molecule has 0 fully saturated rings. The van der Waals surface area contributed by atoms with E-state index in [0.29, 0.717) is 12.8 Å². The smallest absolute Gasteiger partial charge is 0.165 e. The lowest BCUT2D eigenvalue weighted by atomic mass is 9.98. The number of Topliss-reactive ketones (excluding diaryl/α,β-unsaturated/α-hetero) is 2. The Morgan fingerprint density at radius 3 is 0.853 bits per heavy atom. The summed E-state index contributed by atoms with van der Waals surface area (Å²) >= 11 is 0. The minimum absolute atomic E-state index is 0. The van der Waals surface area contributed by atoms with Crippen molar-refractivity contribution in [2.75, 3.05) is 0 Å². The quantitative estimate of drug-likeness (QED) is 0.0553. The molecule has 0 atom stereocenters. The molecule has 0 aromatic rings. The van der Waals surface area contributed by atoms with Gasteiger partial charge in [-0.1, -0.05) is 149 Å². The van der Waals surface area contributed by atoms with E-state index in [4.69, 9.17) is 0 Å². The van der Waals surface area contributed by atoms with E-state index in [0.717, 1.165) is 25.7 Å².